The third kappa shape index (κ3) is 43.7. The molecule has 3 N–H and O–H groups in total. The Morgan fingerprint density at radius 2 is 0.787 bits per heavy atom. The van der Waals surface area contributed by atoms with Crippen molar-refractivity contribution in [3.63, 3.8) is 0 Å². The number of ether oxygens (including phenoxy) is 2. The lowest BCUT2D eigenvalue weighted by Crippen LogP contribution is -2.29. The van der Waals surface area contributed by atoms with Crippen molar-refractivity contribution in [1.29, 1.82) is 0 Å². The zero-order chi connectivity index (χ0) is 44.8. The molecule has 0 bridgehead atoms. The Labute approximate surface area is 367 Å². The summed E-state index contributed by atoms with van der Waals surface area (Å²) in [6.07, 6.45) is 59.8. The Morgan fingerprint density at radius 1 is 0.475 bits per heavy atom. The van der Waals surface area contributed by atoms with Crippen molar-refractivity contribution in [2.24, 2.45) is 0 Å². The first-order chi connectivity index (χ1) is 29.7. The van der Waals surface area contributed by atoms with E-state index in [1.54, 1.807) is 0 Å². The van der Waals surface area contributed by atoms with E-state index in [1.807, 2.05) is 30.4 Å². The van der Waals surface area contributed by atoms with E-state index >= 15 is 0 Å². The van der Waals surface area contributed by atoms with Crippen LogP contribution in [0.1, 0.15) is 117 Å². The van der Waals surface area contributed by atoms with Crippen molar-refractivity contribution in [2.45, 2.75) is 129 Å². The summed E-state index contributed by atoms with van der Waals surface area (Å²) in [5.41, 5.74) is 0. The highest BCUT2D eigenvalue weighted by molar-refractivity contribution is 7.47. The fourth-order valence-corrected chi connectivity index (χ4v) is 5.54. The molecule has 0 spiro atoms. The molecule has 0 saturated heterocycles. The van der Waals surface area contributed by atoms with E-state index in [4.69, 9.17) is 19.1 Å². The van der Waals surface area contributed by atoms with Crippen LogP contribution < -0.4 is 0 Å². The number of aliphatic hydroxyl groups is 2. The molecule has 1 unspecified atom stereocenters. The van der Waals surface area contributed by atoms with Crippen LogP contribution in [-0.4, -0.2) is 65.7 Å². The number of phosphoric ester groups is 1. The Hall–Kier alpha value is -4.15. The molecule has 0 aliphatic heterocycles. The average Bonchev–Trinajstić information content (AvgIpc) is 3.25. The molecule has 0 aliphatic carbocycles. The van der Waals surface area contributed by atoms with Gasteiger partial charge in [-0.25, -0.2) is 4.57 Å². The van der Waals surface area contributed by atoms with E-state index in [9.17, 15) is 24.2 Å². The minimum atomic E-state index is -4.67. The molecule has 0 fully saturated rings. The molecule has 0 aromatic rings. The van der Waals surface area contributed by atoms with Crippen molar-refractivity contribution < 1.29 is 47.8 Å². The second-order valence-electron chi connectivity index (χ2n) is 13.6. The Kier molecular flexibility index (Phi) is 40.9. The van der Waals surface area contributed by atoms with E-state index in [1.165, 1.54) is 0 Å². The molecule has 0 aromatic heterocycles. The third-order valence-electron chi connectivity index (χ3n) is 8.02. The number of carbonyl (C=O) groups is 2. The average molecular weight is 867 g/mol. The molecule has 0 saturated carbocycles. The number of allylic oxidation sites excluding steroid dienone is 24. The largest absolute Gasteiger partial charge is 0.472 e. The second kappa shape index (κ2) is 43.9. The van der Waals surface area contributed by atoms with Crippen LogP contribution in [0.25, 0.3) is 0 Å². The smallest absolute Gasteiger partial charge is 0.462 e. The standard InChI is InChI=1S/C50H75O10P/c1-3-5-7-9-11-13-15-17-19-21-23-25-27-29-31-33-35-37-39-41-49(53)57-45-48(46-59-61(55,56)58-44-47(52)43-51)60-50(54)42-40-38-36-34-32-30-28-26-24-22-20-18-16-14-12-10-8-6-4-2/h5-8,11-14,17-20,23-26,29-32,35-38,47-48,51-52H,3-4,9-10,15-16,21-22,27-28,33-34,39-46H2,1-2H3,(H,55,56)/b7-5+,8-6+,13-11+,14-12+,19-17+,20-18+,25-23+,26-24+,31-29+,32-30+,37-35+,38-36+/t47-,48+/m0/s1. The van der Waals surface area contributed by atoms with Crippen LogP contribution in [0.15, 0.2) is 146 Å². The zero-order valence-corrected chi connectivity index (χ0v) is 37.7. The van der Waals surface area contributed by atoms with Gasteiger partial charge in [-0.1, -0.05) is 160 Å². The molecule has 61 heavy (non-hydrogen) atoms. The summed E-state index contributed by atoms with van der Waals surface area (Å²) < 4.78 is 32.5. The summed E-state index contributed by atoms with van der Waals surface area (Å²) in [4.78, 5) is 34.9. The molecule has 11 heteroatoms. The lowest BCUT2D eigenvalue weighted by molar-refractivity contribution is -0.161. The first-order valence-corrected chi connectivity index (χ1v) is 23.3. The van der Waals surface area contributed by atoms with Gasteiger partial charge in [-0.15, -0.1) is 0 Å². The normalized spacial score (nSPS) is 15.2. The fourth-order valence-electron chi connectivity index (χ4n) is 4.75. The summed E-state index contributed by atoms with van der Waals surface area (Å²) in [6, 6.07) is 0. The fraction of sp³-hybridized carbons (Fsp3) is 0.480. The van der Waals surface area contributed by atoms with Gasteiger partial charge in [-0.3, -0.25) is 18.6 Å². The van der Waals surface area contributed by atoms with E-state index < -0.39 is 58.4 Å². The molecule has 10 nitrogen and oxygen atoms in total. The van der Waals surface area contributed by atoms with Gasteiger partial charge in [0.25, 0.3) is 0 Å². The number of hydrogen-bond donors (Lipinski definition) is 3. The van der Waals surface area contributed by atoms with Gasteiger partial charge in [0.2, 0.25) is 0 Å². The number of esters is 2. The minimum absolute atomic E-state index is 0.0330. The monoisotopic (exact) mass is 867 g/mol. The molecule has 0 rings (SSSR count). The zero-order valence-electron chi connectivity index (χ0n) is 36.8. The molecular formula is C50H75O10P. The molecule has 0 heterocycles. The predicted octanol–water partition coefficient (Wildman–Crippen LogP) is 11.9. The summed E-state index contributed by atoms with van der Waals surface area (Å²) in [7, 11) is -4.67. The Balaban J connectivity index is 4.58. The highest BCUT2D eigenvalue weighted by atomic mass is 31.2. The Morgan fingerprint density at radius 3 is 1.13 bits per heavy atom. The topological polar surface area (TPSA) is 149 Å². The third-order valence-corrected chi connectivity index (χ3v) is 8.97. The highest BCUT2D eigenvalue weighted by Gasteiger charge is 2.27. The lowest BCUT2D eigenvalue weighted by atomic mass is 10.2. The Bertz CT molecular complexity index is 1510. The quantitative estimate of drug-likeness (QED) is 0.0311. The van der Waals surface area contributed by atoms with Gasteiger partial charge in [0.1, 0.15) is 12.7 Å². The van der Waals surface area contributed by atoms with Gasteiger partial charge < -0.3 is 24.6 Å². The lowest BCUT2D eigenvalue weighted by Gasteiger charge is -2.20. The van der Waals surface area contributed by atoms with Gasteiger partial charge in [0, 0.05) is 12.8 Å². The van der Waals surface area contributed by atoms with Crippen molar-refractivity contribution in [3.8, 4) is 0 Å². The number of rotatable bonds is 38. The number of carbonyl (C=O) groups excluding carboxylic acids is 2. The first kappa shape index (κ1) is 56.9. The minimum Gasteiger partial charge on any atom is -0.462 e. The van der Waals surface area contributed by atoms with Crippen molar-refractivity contribution in [1.82, 2.24) is 0 Å². The summed E-state index contributed by atoms with van der Waals surface area (Å²) in [5, 5.41) is 18.3. The van der Waals surface area contributed by atoms with Crippen molar-refractivity contribution in [3.05, 3.63) is 146 Å². The summed E-state index contributed by atoms with van der Waals surface area (Å²) in [6.45, 7) is 1.94. The molecule has 0 aliphatic rings. The van der Waals surface area contributed by atoms with Crippen LogP contribution >= 0.6 is 7.82 Å². The second-order valence-corrected chi connectivity index (χ2v) is 15.1. The van der Waals surface area contributed by atoms with Crippen LogP contribution in [0.5, 0.6) is 0 Å². The van der Waals surface area contributed by atoms with Gasteiger partial charge in [0.05, 0.1) is 19.8 Å². The maximum atomic E-state index is 12.6. The molecular weight excluding hydrogens is 792 g/mol. The van der Waals surface area contributed by atoms with Gasteiger partial charge in [-0.05, 0) is 89.9 Å². The van der Waals surface area contributed by atoms with Crippen LogP contribution in [0.3, 0.4) is 0 Å². The van der Waals surface area contributed by atoms with E-state index in [2.05, 4.69) is 134 Å². The predicted molar refractivity (Wildman–Crippen MR) is 251 cm³/mol. The summed E-state index contributed by atoms with van der Waals surface area (Å²) in [5.74, 6) is -1.14. The maximum absolute atomic E-state index is 12.6. The van der Waals surface area contributed by atoms with Crippen LogP contribution in [-0.2, 0) is 32.7 Å². The van der Waals surface area contributed by atoms with Crippen molar-refractivity contribution >= 4 is 19.8 Å². The number of hydrogen-bond acceptors (Lipinski definition) is 9. The van der Waals surface area contributed by atoms with Crippen LogP contribution in [0.2, 0.25) is 0 Å². The van der Waals surface area contributed by atoms with Crippen LogP contribution in [0.4, 0.5) is 0 Å². The van der Waals surface area contributed by atoms with E-state index in [0.29, 0.717) is 19.3 Å². The molecule has 3 atom stereocenters. The molecule has 0 aromatic carbocycles. The van der Waals surface area contributed by atoms with Gasteiger partial charge in [0.15, 0.2) is 6.10 Å². The number of phosphoric acid groups is 1. The first-order valence-electron chi connectivity index (χ1n) is 21.8. The highest BCUT2D eigenvalue weighted by Crippen LogP contribution is 2.43. The SMILES string of the molecule is CC/C=C/C/C=C/C/C=C/C/C=C/C/C=C/C/C=C/CCC(=O)OC[C@H](COP(=O)(O)OC[C@@H](O)CO)OC(=O)CC/C=C/C/C=C/C/C=C/C/C=C/C/C=C/C/C=C/CC. The van der Waals surface area contributed by atoms with Gasteiger partial charge >= 0.3 is 19.8 Å². The molecule has 340 valence electrons. The van der Waals surface area contributed by atoms with E-state index in [-0.39, 0.29) is 12.8 Å². The number of aliphatic hydroxyl groups excluding tert-OH is 2. The van der Waals surface area contributed by atoms with Crippen LogP contribution in [0, 0.1) is 0 Å². The van der Waals surface area contributed by atoms with Gasteiger partial charge in [-0.2, -0.15) is 0 Å². The van der Waals surface area contributed by atoms with E-state index in [0.717, 1.165) is 70.6 Å². The summed E-state index contributed by atoms with van der Waals surface area (Å²) >= 11 is 0. The van der Waals surface area contributed by atoms with Crippen molar-refractivity contribution in [2.75, 3.05) is 26.4 Å². The maximum Gasteiger partial charge on any atom is 0.472 e. The molecule has 0 amide bonds. The molecule has 0 radical (unpaired) electrons.